The highest BCUT2D eigenvalue weighted by Gasteiger charge is 1.95. The lowest BCUT2D eigenvalue weighted by Crippen LogP contribution is -1.84. The normalized spacial score (nSPS) is 10.2. The fourth-order valence-corrected chi connectivity index (χ4v) is 1.08. The van der Waals surface area contributed by atoms with Crippen molar-refractivity contribution >= 4 is 12.4 Å². The lowest BCUT2D eigenvalue weighted by atomic mass is 10.1. The van der Waals surface area contributed by atoms with Crippen LogP contribution >= 0.6 is 0 Å². The molecule has 0 N–H and O–H groups in total. The van der Waals surface area contributed by atoms with E-state index in [0.717, 1.165) is 17.4 Å². The van der Waals surface area contributed by atoms with Gasteiger partial charge in [0.15, 0.2) is 0 Å². The molecule has 1 aromatic rings. The number of benzene rings is 1. The van der Waals surface area contributed by atoms with Gasteiger partial charge in [-0.15, -0.1) is 0 Å². The highest BCUT2D eigenvalue weighted by atomic mass is 16.1. The van der Waals surface area contributed by atoms with Gasteiger partial charge in [-0.05, 0) is 24.1 Å². The number of carbonyl (C=O) groups excluding carboxylic acids is 1. The van der Waals surface area contributed by atoms with E-state index in [-0.39, 0.29) is 0 Å². The van der Waals surface area contributed by atoms with Crippen LogP contribution < -0.4 is 0 Å². The summed E-state index contributed by atoms with van der Waals surface area (Å²) in [6.45, 7) is 5.60. The Morgan fingerprint density at radius 1 is 1.38 bits per heavy atom. The second-order valence-corrected chi connectivity index (χ2v) is 2.83. The van der Waals surface area contributed by atoms with Gasteiger partial charge in [-0.3, -0.25) is 4.79 Å². The van der Waals surface area contributed by atoms with Gasteiger partial charge in [0.25, 0.3) is 0 Å². The molecule has 0 aliphatic heterocycles. The summed E-state index contributed by atoms with van der Waals surface area (Å²) in [5.74, 6) is 0. The molecule has 0 atom stereocenters. The van der Waals surface area contributed by atoms with Gasteiger partial charge in [-0.25, -0.2) is 0 Å². The van der Waals surface area contributed by atoms with Crippen molar-refractivity contribution in [2.75, 3.05) is 0 Å². The van der Waals surface area contributed by atoms with E-state index in [4.69, 9.17) is 0 Å². The molecule has 0 fully saturated rings. The molecule has 0 bridgehead atoms. The lowest BCUT2D eigenvalue weighted by Gasteiger charge is -1.99. The molecule has 0 amide bonds. The van der Waals surface area contributed by atoms with Crippen LogP contribution in [-0.4, -0.2) is 6.29 Å². The van der Waals surface area contributed by atoms with Gasteiger partial charge in [0.05, 0.1) is 0 Å². The smallest absolute Gasteiger partial charge is 0.150 e. The first kappa shape index (κ1) is 9.46. The summed E-state index contributed by atoms with van der Waals surface area (Å²) in [6, 6.07) is 5.61. The molecule has 1 rings (SSSR count). The van der Waals surface area contributed by atoms with Crippen molar-refractivity contribution in [3.8, 4) is 0 Å². The zero-order chi connectivity index (χ0) is 9.68. The maximum absolute atomic E-state index is 10.5. The predicted molar refractivity (Wildman–Crippen MR) is 55.8 cm³/mol. The minimum Gasteiger partial charge on any atom is -0.298 e. The highest BCUT2D eigenvalue weighted by molar-refractivity contribution is 5.77. The molecule has 1 nitrogen and oxygen atoms in total. The van der Waals surface area contributed by atoms with Crippen molar-refractivity contribution in [3.63, 3.8) is 0 Å². The van der Waals surface area contributed by atoms with Crippen LogP contribution in [0.15, 0.2) is 36.9 Å². The quantitative estimate of drug-likeness (QED) is 0.506. The Labute approximate surface area is 78.4 Å². The van der Waals surface area contributed by atoms with Crippen molar-refractivity contribution in [2.24, 2.45) is 0 Å². The van der Waals surface area contributed by atoms with E-state index >= 15 is 0 Å². The summed E-state index contributed by atoms with van der Waals surface area (Å²) < 4.78 is 0. The molecule has 0 spiro atoms. The van der Waals surface area contributed by atoms with E-state index < -0.39 is 0 Å². The molecule has 66 valence electrons. The third-order valence-electron chi connectivity index (χ3n) is 1.85. The molecule has 0 saturated heterocycles. The highest BCUT2D eigenvalue weighted by Crippen LogP contribution is 2.11. The number of hydrogen-bond acceptors (Lipinski definition) is 1. The van der Waals surface area contributed by atoms with Gasteiger partial charge in [-0.2, -0.15) is 0 Å². The minimum absolute atomic E-state index is 0.703. The summed E-state index contributed by atoms with van der Waals surface area (Å²) in [5.41, 5.74) is 2.92. The maximum Gasteiger partial charge on any atom is 0.150 e. The number of carbonyl (C=O) groups is 1. The third kappa shape index (κ3) is 2.41. The predicted octanol–water partition coefficient (Wildman–Crippen LogP) is 3.01. The number of aryl methyl sites for hydroxylation is 1. The van der Waals surface area contributed by atoms with E-state index in [2.05, 4.69) is 6.58 Å². The Bertz CT molecular complexity index is 348. The number of allylic oxidation sites excluding steroid dienone is 2. The summed E-state index contributed by atoms with van der Waals surface area (Å²) in [4.78, 5) is 10.5. The Kier molecular flexibility index (Phi) is 3.21. The molecule has 0 radical (unpaired) electrons. The molecule has 0 saturated carbocycles. The van der Waals surface area contributed by atoms with Gasteiger partial charge < -0.3 is 0 Å². The average Bonchev–Trinajstić information content (AvgIpc) is 2.17. The van der Waals surface area contributed by atoms with Gasteiger partial charge in [0, 0.05) is 5.56 Å². The van der Waals surface area contributed by atoms with Crippen molar-refractivity contribution in [1.82, 2.24) is 0 Å². The summed E-state index contributed by atoms with van der Waals surface area (Å²) in [5, 5.41) is 0. The molecule has 0 unspecified atom stereocenters. The first-order valence-corrected chi connectivity index (χ1v) is 4.13. The van der Waals surface area contributed by atoms with E-state index in [9.17, 15) is 4.79 Å². The van der Waals surface area contributed by atoms with E-state index in [0.29, 0.717) is 5.56 Å². The van der Waals surface area contributed by atoms with Gasteiger partial charge in [0.2, 0.25) is 0 Å². The van der Waals surface area contributed by atoms with Crippen LogP contribution in [0, 0.1) is 6.92 Å². The molecule has 0 aliphatic carbocycles. The second-order valence-electron chi connectivity index (χ2n) is 2.83. The van der Waals surface area contributed by atoms with Crippen molar-refractivity contribution in [1.29, 1.82) is 0 Å². The van der Waals surface area contributed by atoms with Crippen LogP contribution in [-0.2, 0) is 0 Å². The molecule has 13 heavy (non-hydrogen) atoms. The second kappa shape index (κ2) is 4.41. The lowest BCUT2D eigenvalue weighted by molar-refractivity contribution is 0.112. The van der Waals surface area contributed by atoms with E-state index in [1.54, 1.807) is 6.08 Å². The summed E-state index contributed by atoms with van der Waals surface area (Å²) >= 11 is 0. The zero-order valence-corrected chi connectivity index (χ0v) is 7.66. The van der Waals surface area contributed by atoms with Crippen LogP contribution in [0.25, 0.3) is 6.08 Å². The van der Waals surface area contributed by atoms with Crippen LogP contribution in [0.3, 0.4) is 0 Å². The Morgan fingerprint density at radius 2 is 2.15 bits per heavy atom. The SMILES string of the molecule is C=C/C=C\c1cc(C=O)ccc1C. The molecule has 0 aromatic heterocycles. The molecule has 0 heterocycles. The van der Waals surface area contributed by atoms with Gasteiger partial charge in [-0.1, -0.05) is 36.9 Å². The molecule has 0 aliphatic rings. The summed E-state index contributed by atoms with van der Waals surface area (Å²) in [6.07, 6.45) is 6.37. The summed E-state index contributed by atoms with van der Waals surface area (Å²) in [7, 11) is 0. The van der Waals surface area contributed by atoms with Crippen LogP contribution in [0.5, 0.6) is 0 Å². The largest absolute Gasteiger partial charge is 0.298 e. The van der Waals surface area contributed by atoms with Crippen LogP contribution in [0.4, 0.5) is 0 Å². The fraction of sp³-hybridized carbons (Fsp3) is 0.0833. The topological polar surface area (TPSA) is 17.1 Å². The fourth-order valence-electron chi connectivity index (χ4n) is 1.08. The van der Waals surface area contributed by atoms with Gasteiger partial charge in [0.1, 0.15) is 6.29 Å². The molecule has 1 heteroatoms. The Balaban J connectivity index is 3.10. The van der Waals surface area contributed by atoms with E-state index in [1.165, 1.54) is 0 Å². The zero-order valence-electron chi connectivity index (χ0n) is 7.66. The minimum atomic E-state index is 0.703. The first-order chi connectivity index (χ1) is 6.27. The maximum atomic E-state index is 10.5. The van der Waals surface area contributed by atoms with Gasteiger partial charge >= 0.3 is 0 Å². The molecular formula is C12H12O. The molecular weight excluding hydrogens is 160 g/mol. The molecule has 1 aromatic carbocycles. The standard InChI is InChI=1S/C12H12O/c1-3-4-5-12-8-11(9-13)7-6-10(12)2/h3-9H,1H2,2H3/b5-4-. The monoisotopic (exact) mass is 172 g/mol. The Morgan fingerprint density at radius 3 is 2.77 bits per heavy atom. The first-order valence-electron chi connectivity index (χ1n) is 4.13. The van der Waals surface area contributed by atoms with Crippen molar-refractivity contribution < 1.29 is 4.79 Å². The third-order valence-corrected chi connectivity index (χ3v) is 1.85. The Hall–Kier alpha value is -1.63. The average molecular weight is 172 g/mol. The number of hydrogen-bond donors (Lipinski definition) is 0. The number of rotatable bonds is 3. The van der Waals surface area contributed by atoms with Crippen molar-refractivity contribution in [3.05, 3.63) is 53.6 Å². The van der Waals surface area contributed by atoms with Crippen molar-refractivity contribution in [2.45, 2.75) is 6.92 Å². The van der Waals surface area contributed by atoms with Crippen LogP contribution in [0.2, 0.25) is 0 Å². The van der Waals surface area contributed by atoms with E-state index in [1.807, 2.05) is 37.3 Å². The van der Waals surface area contributed by atoms with Crippen LogP contribution in [0.1, 0.15) is 21.5 Å². The number of aldehydes is 1.